The highest BCUT2D eigenvalue weighted by Crippen LogP contribution is 2.37. The van der Waals surface area contributed by atoms with Crippen molar-refractivity contribution in [1.29, 1.82) is 0 Å². The first kappa shape index (κ1) is 12.3. The number of hydrogen-bond acceptors (Lipinski definition) is 3. The molecule has 1 saturated heterocycles. The van der Waals surface area contributed by atoms with Crippen molar-refractivity contribution in [2.75, 3.05) is 13.2 Å². The van der Waals surface area contributed by atoms with Crippen molar-refractivity contribution in [2.24, 2.45) is 5.41 Å². The van der Waals surface area contributed by atoms with Gasteiger partial charge in [-0.25, -0.2) is 0 Å². The molecule has 0 radical (unpaired) electrons. The second kappa shape index (κ2) is 4.28. The molecule has 0 spiro atoms. The molecule has 3 heteroatoms. The summed E-state index contributed by atoms with van der Waals surface area (Å²) in [5.74, 6) is -0.396. The number of hydrogen-bond donors (Lipinski definition) is 1. The first-order valence-corrected chi connectivity index (χ1v) is 6.40. The van der Waals surface area contributed by atoms with Gasteiger partial charge in [0.25, 0.3) is 0 Å². The van der Waals surface area contributed by atoms with Crippen LogP contribution in [-0.4, -0.2) is 31.1 Å². The van der Waals surface area contributed by atoms with Gasteiger partial charge < -0.3 is 14.8 Å². The van der Waals surface area contributed by atoms with E-state index in [1.165, 1.54) is 19.3 Å². The second-order valence-corrected chi connectivity index (χ2v) is 6.49. The highest BCUT2D eigenvalue weighted by atomic mass is 16.7. The zero-order chi connectivity index (χ0) is 11.8. The third kappa shape index (κ3) is 3.19. The summed E-state index contributed by atoms with van der Waals surface area (Å²) < 4.78 is 11.3. The Balaban J connectivity index is 1.76. The van der Waals surface area contributed by atoms with Crippen LogP contribution in [0.15, 0.2) is 0 Å². The zero-order valence-electron chi connectivity index (χ0n) is 11.0. The van der Waals surface area contributed by atoms with E-state index in [9.17, 15) is 0 Å². The molecule has 1 atom stereocenters. The summed E-state index contributed by atoms with van der Waals surface area (Å²) >= 11 is 0. The highest BCUT2D eigenvalue weighted by Gasteiger charge is 2.34. The third-order valence-electron chi connectivity index (χ3n) is 3.70. The molecule has 94 valence electrons. The van der Waals surface area contributed by atoms with Crippen LogP contribution in [0.1, 0.15) is 47.0 Å². The molecule has 2 fully saturated rings. The van der Waals surface area contributed by atoms with Crippen LogP contribution in [0.25, 0.3) is 0 Å². The van der Waals surface area contributed by atoms with Crippen molar-refractivity contribution >= 4 is 0 Å². The summed E-state index contributed by atoms with van der Waals surface area (Å²) in [5, 5.41) is 3.66. The summed E-state index contributed by atoms with van der Waals surface area (Å²) in [4.78, 5) is 0. The Morgan fingerprint density at radius 2 is 1.62 bits per heavy atom. The lowest BCUT2D eigenvalue weighted by atomic mass is 9.92. The average molecular weight is 227 g/mol. The Morgan fingerprint density at radius 3 is 2.12 bits per heavy atom. The summed E-state index contributed by atoms with van der Waals surface area (Å²) in [7, 11) is 0. The van der Waals surface area contributed by atoms with E-state index in [1.807, 2.05) is 13.8 Å². The lowest BCUT2D eigenvalue weighted by Crippen LogP contribution is -2.51. The van der Waals surface area contributed by atoms with Gasteiger partial charge in [-0.05, 0) is 38.5 Å². The number of ether oxygens (including phenoxy) is 2. The zero-order valence-corrected chi connectivity index (χ0v) is 11.0. The topological polar surface area (TPSA) is 30.5 Å². The van der Waals surface area contributed by atoms with E-state index in [0.717, 1.165) is 13.2 Å². The predicted molar refractivity (Wildman–Crippen MR) is 64.3 cm³/mol. The van der Waals surface area contributed by atoms with Crippen LogP contribution in [-0.2, 0) is 9.47 Å². The van der Waals surface area contributed by atoms with Crippen LogP contribution in [0.2, 0.25) is 0 Å². The van der Waals surface area contributed by atoms with Gasteiger partial charge in [0.1, 0.15) is 0 Å². The first-order valence-electron chi connectivity index (χ1n) is 6.40. The fraction of sp³-hybridized carbons (Fsp3) is 1.00. The molecule has 0 aromatic carbocycles. The SMILES string of the molecule is CC1(C)CCC(NC2COC(C)(C)OC2)C1. The second-order valence-electron chi connectivity index (χ2n) is 6.49. The Morgan fingerprint density at radius 1 is 1.00 bits per heavy atom. The van der Waals surface area contributed by atoms with Gasteiger partial charge in [-0.15, -0.1) is 0 Å². The van der Waals surface area contributed by atoms with Gasteiger partial charge in [0.2, 0.25) is 0 Å². The largest absolute Gasteiger partial charge is 0.349 e. The van der Waals surface area contributed by atoms with E-state index in [1.54, 1.807) is 0 Å². The first-order chi connectivity index (χ1) is 7.36. The van der Waals surface area contributed by atoms with Gasteiger partial charge in [-0.1, -0.05) is 13.8 Å². The van der Waals surface area contributed by atoms with Crippen molar-refractivity contribution in [1.82, 2.24) is 5.32 Å². The Bertz CT molecular complexity index is 240. The Hall–Kier alpha value is -0.120. The van der Waals surface area contributed by atoms with Gasteiger partial charge in [0.05, 0.1) is 19.3 Å². The maximum atomic E-state index is 5.66. The van der Waals surface area contributed by atoms with Crippen LogP contribution < -0.4 is 5.32 Å². The molecule has 1 N–H and O–H groups in total. The van der Waals surface area contributed by atoms with Crippen LogP contribution in [0.4, 0.5) is 0 Å². The summed E-state index contributed by atoms with van der Waals surface area (Å²) in [6.07, 6.45) is 3.88. The maximum Gasteiger partial charge on any atom is 0.162 e. The van der Waals surface area contributed by atoms with E-state index in [-0.39, 0.29) is 0 Å². The molecule has 0 bridgehead atoms. The Kier molecular flexibility index (Phi) is 3.30. The molecule has 0 aromatic rings. The van der Waals surface area contributed by atoms with E-state index in [0.29, 0.717) is 17.5 Å². The Labute approximate surface area is 98.9 Å². The molecule has 1 saturated carbocycles. The highest BCUT2D eigenvalue weighted by molar-refractivity contribution is 4.89. The fourth-order valence-corrected chi connectivity index (χ4v) is 2.70. The molecule has 3 nitrogen and oxygen atoms in total. The minimum Gasteiger partial charge on any atom is -0.349 e. The van der Waals surface area contributed by atoms with Crippen LogP contribution in [0, 0.1) is 5.41 Å². The molecule has 1 aliphatic heterocycles. The quantitative estimate of drug-likeness (QED) is 0.785. The fourth-order valence-electron chi connectivity index (χ4n) is 2.70. The number of nitrogens with one attached hydrogen (secondary N) is 1. The van der Waals surface area contributed by atoms with E-state index in [2.05, 4.69) is 19.2 Å². The molecule has 16 heavy (non-hydrogen) atoms. The molecule has 1 aliphatic carbocycles. The third-order valence-corrected chi connectivity index (χ3v) is 3.70. The van der Waals surface area contributed by atoms with E-state index in [4.69, 9.17) is 9.47 Å². The van der Waals surface area contributed by atoms with Crippen LogP contribution in [0.3, 0.4) is 0 Å². The summed E-state index contributed by atoms with van der Waals surface area (Å²) in [5.41, 5.74) is 0.507. The summed E-state index contributed by atoms with van der Waals surface area (Å²) in [6.45, 7) is 10.2. The average Bonchev–Trinajstić information content (AvgIpc) is 2.50. The molecule has 1 unspecified atom stereocenters. The van der Waals surface area contributed by atoms with Gasteiger partial charge in [0.15, 0.2) is 5.79 Å². The molecule has 2 rings (SSSR count). The molecule has 0 amide bonds. The normalized spacial score (nSPS) is 34.1. The lowest BCUT2D eigenvalue weighted by Gasteiger charge is -2.36. The van der Waals surface area contributed by atoms with Crippen molar-refractivity contribution < 1.29 is 9.47 Å². The molecule has 0 aromatic heterocycles. The molecular weight excluding hydrogens is 202 g/mol. The minimum absolute atomic E-state index is 0.368. The van der Waals surface area contributed by atoms with Gasteiger partial charge in [-0.2, -0.15) is 0 Å². The summed E-state index contributed by atoms with van der Waals surface area (Å²) in [6, 6.07) is 1.01. The van der Waals surface area contributed by atoms with Crippen molar-refractivity contribution in [3.8, 4) is 0 Å². The smallest absolute Gasteiger partial charge is 0.162 e. The van der Waals surface area contributed by atoms with Crippen molar-refractivity contribution in [2.45, 2.75) is 64.8 Å². The number of rotatable bonds is 2. The standard InChI is InChI=1S/C13H25NO2/c1-12(2)6-5-10(7-12)14-11-8-15-13(3,4)16-9-11/h10-11,14H,5-9H2,1-4H3. The van der Waals surface area contributed by atoms with Gasteiger partial charge >= 0.3 is 0 Å². The maximum absolute atomic E-state index is 5.66. The molecule has 1 heterocycles. The van der Waals surface area contributed by atoms with Crippen LogP contribution >= 0.6 is 0 Å². The van der Waals surface area contributed by atoms with Crippen LogP contribution in [0.5, 0.6) is 0 Å². The van der Waals surface area contributed by atoms with Crippen molar-refractivity contribution in [3.63, 3.8) is 0 Å². The van der Waals surface area contributed by atoms with E-state index < -0.39 is 5.79 Å². The van der Waals surface area contributed by atoms with Gasteiger partial charge in [0, 0.05) is 6.04 Å². The lowest BCUT2D eigenvalue weighted by molar-refractivity contribution is -0.253. The molecular formula is C13H25NO2. The van der Waals surface area contributed by atoms with Gasteiger partial charge in [-0.3, -0.25) is 0 Å². The predicted octanol–water partition coefficient (Wildman–Crippen LogP) is 2.31. The van der Waals surface area contributed by atoms with Crippen molar-refractivity contribution in [3.05, 3.63) is 0 Å². The minimum atomic E-state index is -0.396. The molecule has 2 aliphatic rings. The van der Waals surface area contributed by atoms with E-state index >= 15 is 0 Å². The monoisotopic (exact) mass is 227 g/mol.